The third kappa shape index (κ3) is 5.62. The molecule has 0 radical (unpaired) electrons. The predicted molar refractivity (Wildman–Crippen MR) is 116 cm³/mol. The van der Waals surface area contributed by atoms with E-state index in [9.17, 15) is 22.4 Å². The number of sulfone groups is 1. The van der Waals surface area contributed by atoms with Gasteiger partial charge in [0.1, 0.15) is 5.82 Å². The molecule has 31 heavy (non-hydrogen) atoms. The Hall–Kier alpha value is -2.45. The quantitative estimate of drug-likeness (QED) is 0.732. The topological polar surface area (TPSA) is 83.6 Å². The molecule has 1 N–H and O–H groups in total. The van der Waals surface area contributed by atoms with Crippen molar-refractivity contribution in [3.05, 3.63) is 63.9 Å². The highest BCUT2D eigenvalue weighted by molar-refractivity contribution is 7.90. The van der Waals surface area contributed by atoms with E-state index in [4.69, 9.17) is 11.6 Å². The fourth-order valence-corrected chi connectivity index (χ4v) is 4.83. The fourth-order valence-electron chi connectivity index (χ4n) is 3.53. The van der Waals surface area contributed by atoms with Crippen molar-refractivity contribution < 1.29 is 22.4 Å². The summed E-state index contributed by atoms with van der Waals surface area (Å²) >= 11 is 5.95. The average Bonchev–Trinajstić information content (AvgIpc) is 2.73. The number of amides is 2. The van der Waals surface area contributed by atoms with Crippen molar-refractivity contribution in [3.8, 4) is 0 Å². The largest absolute Gasteiger partial charge is 0.352 e. The number of carbonyl (C=O) groups is 2. The van der Waals surface area contributed by atoms with Crippen LogP contribution in [0, 0.1) is 18.7 Å². The van der Waals surface area contributed by atoms with Gasteiger partial charge < -0.3 is 10.2 Å². The van der Waals surface area contributed by atoms with Crippen LogP contribution in [-0.2, 0) is 21.2 Å². The van der Waals surface area contributed by atoms with Crippen LogP contribution in [-0.4, -0.2) is 44.5 Å². The van der Waals surface area contributed by atoms with Crippen LogP contribution in [0.25, 0.3) is 0 Å². The minimum Gasteiger partial charge on any atom is -0.352 e. The Kier molecular flexibility index (Phi) is 7.01. The summed E-state index contributed by atoms with van der Waals surface area (Å²) in [6.07, 6.45) is 2.02. The van der Waals surface area contributed by atoms with E-state index in [0.29, 0.717) is 37.1 Å². The van der Waals surface area contributed by atoms with Crippen molar-refractivity contribution in [3.63, 3.8) is 0 Å². The monoisotopic (exact) mass is 466 g/mol. The molecular formula is C22H24ClFN2O4S. The van der Waals surface area contributed by atoms with E-state index in [1.165, 1.54) is 24.3 Å². The van der Waals surface area contributed by atoms with Gasteiger partial charge in [0.05, 0.1) is 9.92 Å². The number of hydrogen-bond donors (Lipinski definition) is 1. The molecule has 1 aliphatic heterocycles. The van der Waals surface area contributed by atoms with Crippen LogP contribution in [0.3, 0.4) is 0 Å². The highest BCUT2D eigenvalue weighted by Crippen LogP contribution is 2.25. The van der Waals surface area contributed by atoms with Gasteiger partial charge in [0, 0.05) is 37.4 Å². The second kappa shape index (κ2) is 9.36. The molecule has 1 saturated heterocycles. The van der Waals surface area contributed by atoms with Gasteiger partial charge in [-0.3, -0.25) is 9.59 Å². The van der Waals surface area contributed by atoms with Crippen molar-refractivity contribution in [2.24, 2.45) is 5.92 Å². The van der Waals surface area contributed by atoms with E-state index >= 15 is 0 Å². The van der Waals surface area contributed by atoms with Gasteiger partial charge in [-0.1, -0.05) is 23.7 Å². The molecule has 2 aromatic rings. The van der Waals surface area contributed by atoms with Crippen LogP contribution in [0.2, 0.25) is 5.02 Å². The van der Waals surface area contributed by atoms with Gasteiger partial charge >= 0.3 is 0 Å². The summed E-state index contributed by atoms with van der Waals surface area (Å²) in [6, 6.07) is 9.05. The van der Waals surface area contributed by atoms with Crippen molar-refractivity contribution in [1.29, 1.82) is 0 Å². The van der Waals surface area contributed by atoms with Crippen LogP contribution in [0.4, 0.5) is 4.39 Å². The molecule has 2 aromatic carbocycles. The first-order chi connectivity index (χ1) is 14.6. The van der Waals surface area contributed by atoms with E-state index in [1.807, 2.05) is 0 Å². The third-order valence-electron chi connectivity index (χ3n) is 5.43. The van der Waals surface area contributed by atoms with Crippen LogP contribution in [0.15, 0.2) is 41.3 Å². The molecular weight excluding hydrogens is 443 g/mol. The van der Waals surface area contributed by atoms with E-state index in [-0.39, 0.29) is 45.6 Å². The molecule has 0 spiro atoms. The molecule has 3 rings (SSSR count). The number of rotatable bonds is 5. The summed E-state index contributed by atoms with van der Waals surface area (Å²) in [5.74, 6) is -0.967. The molecule has 2 amide bonds. The number of halogens is 2. The molecule has 1 fully saturated rings. The third-order valence-corrected chi connectivity index (χ3v) is 7.01. The number of benzene rings is 2. The highest BCUT2D eigenvalue weighted by Gasteiger charge is 2.28. The molecule has 166 valence electrons. The van der Waals surface area contributed by atoms with Gasteiger partial charge in [0.25, 0.3) is 5.91 Å². The van der Waals surface area contributed by atoms with Gasteiger partial charge in [-0.25, -0.2) is 12.8 Å². The van der Waals surface area contributed by atoms with Crippen molar-refractivity contribution in [2.45, 2.75) is 31.2 Å². The molecule has 0 saturated carbocycles. The van der Waals surface area contributed by atoms with Crippen LogP contribution < -0.4 is 5.32 Å². The summed E-state index contributed by atoms with van der Waals surface area (Å²) < 4.78 is 37.3. The minimum atomic E-state index is -3.55. The number of carbonyl (C=O) groups excluding carboxylic acids is 2. The predicted octanol–water partition coefficient (Wildman–Crippen LogP) is 3.36. The Labute approximate surface area is 186 Å². The number of nitrogens with one attached hydrogen (secondary N) is 1. The lowest BCUT2D eigenvalue weighted by molar-refractivity contribution is -0.126. The molecule has 0 aliphatic carbocycles. The highest BCUT2D eigenvalue weighted by atomic mass is 35.5. The number of nitrogens with zero attached hydrogens (tertiary/aromatic N) is 1. The van der Waals surface area contributed by atoms with Crippen molar-refractivity contribution in [2.75, 3.05) is 19.3 Å². The molecule has 0 unspecified atom stereocenters. The Morgan fingerprint density at radius 2 is 1.84 bits per heavy atom. The maximum Gasteiger partial charge on any atom is 0.253 e. The molecule has 6 nitrogen and oxygen atoms in total. The van der Waals surface area contributed by atoms with Crippen LogP contribution in [0.5, 0.6) is 0 Å². The molecule has 9 heteroatoms. The Morgan fingerprint density at radius 3 is 2.45 bits per heavy atom. The van der Waals surface area contributed by atoms with Gasteiger partial charge in [-0.15, -0.1) is 0 Å². The zero-order valence-electron chi connectivity index (χ0n) is 17.3. The Bertz CT molecular complexity index is 1110. The summed E-state index contributed by atoms with van der Waals surface area (Å²) in [4.78, 5) is 26.8. The lowest BCUT2D eigenvalue weighted by Crippen LogP contribution is -2.43. The van der Waals surface area contributed by atoms with Crippen LogP contribution >= 0.6 is 11.6 Å². The summed E-state index contributed by atoms with van der Waals surface area (Å²) in [7, 11) is -3.55. The zero-order valence-corrected chi connectivity index (χ0v) is 18.9. The lowest BCUT2D eigenvalue weighted by atomic mass is 9.95. The maximum atomic E-state index is 13.6. The van der Waals surface area contributed by atoms with E-state index in [0.717, 1.165) is 6.26 Å². The average molecular weight is 467 g/mol. The molecule has 0 bridgehead atoms. The molecule has 1 aliphatic rings. The van der Waals surface area contributed by atoms with Crippen molar-refractivity contribution >= 4 is 33.3 Å². The fraction of sp³-hybridized carbons (Fsp3) is 0.364. The normalized spacial score (nSPS) is 15.0. The molecule has 1 heterocycles. The number of hydrogen-bond acceptors (Lipinski definition) is 4. The zero-order chi connectivity index (χ0) is 22.8. The Morgan fingerprint density at radius 1 is 1.16 bits per heavy atom. The lowest BCUT2D eigenvalue weighted by Gasteiger charge is -2.31. The first-order valence-corrected chi connectivity index (χ1v) is 12.1. The number of likely N-dealkylation sites (tertiary alicyclic amines) is 1. The summed E-state index contributed by atoms with van der Waals surface area (Å²) in [5.41, 5.74) is 1.49. The number of aryl methyl sites for hydroxylation is 1. The second-order valence-electron chi connectivity index (χ2n) is 7.79. The SMILES string of the molecule is Cc1ccc(CNC(=O)C2CCN(C(=O)c3ccc(Cl)c(S(C)(=O)=O)c3)CC2)cc1F. The van der Waals surface area contributed by atoms with Crippen LogP contribution in [0.1, 0.15) is 34.3 Å². The van der Waals surface area contributed by atoms with Crippen molar-refractivity contribution in [1.82, 2.24) is 10.2 Å². The van der Waals surface area contributed by atoms with Gasteiger partial charge in [0.2, 0.25) is 5.91 Å². The Balaban J connectivity index is 1.57. The molecule has 0 aromatic heterocycles. The second-order valence-corrected chi connectivity index (χ2v) is 10.2. The summed E-state index contributed by atoms with van der Waals surface area (Å²) in [6.45, 7) is 2.69. The van der Waals surface area contributed by atoms with E-state index < -0.39 is 9.84 Å². The standard InChI is InChI=1S/C22H24ClFN2O4S/c1-14-3-4-15(11-19(14)24)13-25-21(27)16-7-9-26(10-8-16)22(28)17-5-6-18(23)20(12-17)31(2,29)30/h3-6,11-12,16H,7-10,13H2,1-2H3,(H,25,27). The summed E-state index contributed by atoms with van der Waals surface area (Å²) in [5, 5.41) is 2.90. The number of piperidine rings is 1. The van der Waals surface area contributed by atoms with E-state index in [1.54, 1.807) is 24.0 Å². The molecule has 0 atom stereocenters. The first kappa shape index (κ1) is 23.2. The minimum absolute atomic E-state index is 0.0721. The van der Waals surface area contributed by atoms with Gasteiger partial charge in [0.15, 0.2) is 9.84 Å². The first-order valence-electron chi connectivity index (χ1n) is 9.88. The van der Waals surface area contributed by atoms with E-state index in [2.05, 4.69) is 5.32 Å². The smallest absolute Gasteiger partial charge is 0.253 e. The van der Waals surface area contributed by atoms with Gasteiger partial charge in [-0.05, 0) is 55.2 Å². The maximum absolute atomic E-state index is 13.6. The van der Waals surface area contributed by atoms with Gasteiger partial charge in [-0.2, -0.15) is 0 Å².